The van der Waals surface area contributed by atoms with Gasteiger partial charge in [0.25, 0.3) is 0 Å². The Morgan fingerprint density at radius 1 is 1.50 bits per heavy atom. The molecule has 1 rings (SSSR count). The first-order valence-corrected chi connectivity index (χ1v) is 5.55. The molecule has 0 saturated carbocycles. The van der Waals surface area contributed by atoms with Crippen LogP contribution >= 0.6 is 11.6 Å². The smallest absolute Gasteiger partial charge is 0.145 e. The van der Waals surface area contributed by atoms with Gasteiger partial charge >= 0.3 is 0 Å². The second kappa shape index (κ2) is 5.21. The van der Waals surface area contributed by atoms with Crippen LogP contribution in [0.1, 0.15) is 30.9 Å². The van der Waals surface area contributed by atoms with Crippen LogP contribution in [0.2, 0.25) is 5.02 Å². The van der Waals surface area contributed by atoms with E-state index in [2.05, 4.69) is 13.8 Å². The summed E-state index contributed by atoms with van der Waals surface area (Å²) >= 11 is 6.14. The predicted octanol–water partition coefficient (Wildman–Crippen LogP) is 3.09. The molecule has 1 aromatic rings. The molecular weight excluding hydrogens is 224 g/mol. The van der Waals surface area contributed by atoms with Gasteiger partial charge in [-0.1, -0.05) is 25.4 Å². The van der Waals surface area contributed by atoms with Gasteiger partial charge in [-0.2, -0.15) is 0 Å². The van der Waals surface area contributed by atoms with Gasteiger partial charge in [0.15, 0.2) is 0 Å². The fourth-order valence-electron chi connectivity index (χ4n) is 1.42. The highest BCUT2D eigenvalue weighted by Crippen LogP contribution is 2.31. The first-order chi connectivity index (χ1) is 7.41. The Morgan fingerprint density at radius 2 is 2.12 bits per heavy atom. The molecule has 0 radical (unpaired) electrons. The van der Waals surface area contributed by atoms with Crippen molar-refractivity contribution in [3.05, 3.63) is 28.3 Å². The van der Waals surface area contributed by atoms with Crippen LogP contribution < -0.4 is 10.5 Å². The number of benzene rings is 1. The maximum Gasteiger partial charge on any atom is 0.145 e. The lowest BCUT2D eigenvalue weighted by atomic mass is 10.0. The van der Waals surface area contributed by atoms with Crippen molar-refractivity contribution >= 4 is 17.4 Å². The third-order valence-electron chi connectivity index (χ3n) is 2.30. The van der Waals surface area contributed by atoms with Gasteiger partial charge in [0.05, 0.1) is 0 Å². The highest BCUT2D eigenvalue weighted by molar-refractivity contribution is 6.31. The molecule has 0 bridgehead atoms. The molecule has 0 heterocycles. The number of amidine groups is 1. The molecule has 0 aromatic heterocycles. The molecule has 0 unspecified atom stereocenters. The second-order valence-corrected chi connectivity index (χ2v) is 4.52. The van der Waals surface area contributed by atoms with Gasteiger partial charge in [0, 0.05) is 5.02 Å². The highest BCUT2D eigenvalue weighted by atomic mass is 35.5. The average molecular weight is 241 g/mol. The first kappa shape index (κ1) is 12.8. The molecule has 0 aliphatic heterocycles. The topological polar surface area (TPSA) is 59.1 Å². The third-order valence-corrected chi connectivity index (χ3v) is 2.63. The molecule has 0 fully saturated rings. The molecule has 3 N–H and O–H groups in total. The Balaban J connectivity index is 3.00. The van der Waals surface area contributed by atoms with Crippen molar-refractivity contribution in [3.63, 3.8) is 0 Å². The van der Waals surface area contributed by atoms with Crippen LogP contribution in [0.5, 0.6) is 5.75 Å². The number of ether oxygens (including phenoxy) is 1. The summed E-state index contributed by atoms with van der Waals surface area (Å²) in [5.74, 6) is 1.09. The molecule has 88 valence electrons. The Kier molecular flexibility index (Phi) is 4.19. The van der Waals surface area contributed by atoms with Crippen molar-refractivity contribution < 1.29 is 4.74 Å². The Labute approximate surface area is 101 Å². The Hall–Kier alpha value is -1.22. The zero-order chi connectivity index (χ0) is 12.3. The number of hydrogen-bond donors (Lipinski definition) is 2. The van der Waals surface area contributed by atoms with Gasteiger partial charge < -0.3 is 10.5 Å². The minimum absolute atomic E-state index is 0.0143. The molecule has 0 aliphatic carbocycles. The van der Waals surface area contributed by atoms with Crippen molar-refractivity contribution in [3.8, 4) is 5.75 Å². The first-order valence-electron chi connectivity index (χ1n) is 5.17. The zero-order valence-corrected chi connectivity index (χ0v) is 10.6. The minimum Gasteiger partial charge on any atom is -0.485 e. The lowest BCUT2D eigenvalue weighted by Crippen LogP contribution is -2.19. The van der Waals surface area contributed by atoms with Gasteiger partial charge in [0.2, 0.25) is 0 Å². The van der Waals surface area contributed by atoms with Crippen LogP contribution in [-0.4, -0.2) is 12.4 Å². The van der Waals surface area contributed by atoms with E-state index in [9.17, 15) is 0 Å². The van der Waals surface area contributed by atoms with Gasteiger partial charge in [-0.25, -0.2) is 0 Å². The number of rotatable bonds is 4. The van der Waals surface area contributed by atoms with E-state index in [0.29, 0.717) is 5.92 Å². The minimum atomic E-state index is 0.0143. The molecule has 0 aliphatic rings. The number of nitrogens with two attached hydrogens (primary N) is 1. The summed E-state index contributed by atoms with van der Waals surface area (Å²) in [4.78, 5) is 0. The summed E-state index contributed by atoms with van der Waals surface area (Å²) in [6.07, 6.45) is 0. The van der Waals surface area contributed by atoms with Gasteiger partial charge in [-0.3, -0.25) is 5.41 Å². The van der Waals surface area contributed by atoms with Crippen LogP contribution in [0.25, 0.3) is 0 Å². The molecule has 0 amide bonds. The summed E-state index contributed by atoms with van der Waals surface area (Å²) in [5, 5.41) is 7.87. The molecule has 4 heteroatoms. The maximum atomic E-state index is 7.12. The van der Waals surface area contributed by atoms with E-state index in [-0.39, 0.29) is 12.4 Å². The van der Waals surface area contributed by atoms with Crippen molar-refractivity contribution in [2.45, 2.75) is 26.7 Å². The van der Waals surface area contributed by atoms with E-state index < -0.39 is 0 Å². The van der Waals surface area contributed by atoms with Gasteiger partial charge in [0.1, 0.15) is 18.2 Å². The average Bonchev–Trinajstić information content (AvgIpc) is 2.15. The summed E-state index contributed by atoms with van der Waals surface area (Å²) in [6, 6.07) is 3.80. The molecule has 0 atom stereocenters. The number of hydrogen-bond acceptors (Lipinski definition) is 2. The third kappa shape index (κ3) is 3.14. The van der Waals surface area contributed by atoms with Crippen molar-refractivity contribution in [1.82, 2.24) is 0 Å². The number of nitrogens with one attached hydrogen (secondary N) is 1. The van der Waals surface area contributed by atoms with E-state index in [1.807, 2.05) is 19.1 Å². The Bertz CT molecular complexity index is 402. The lowest BCUT2D eigenvalue weighted by Gasteiger charge is -2.14. The summed E-state index contributed by atoms with van der Waals surface area (Å²) < 4.78 is 5.44. The van der Waals surface area contributed by atoms with Crippen LogP contribution in [0, 0.1) is 12.3 Å². The molecule has 0 saturated heterocycles. The van der Waals surface area contributed by atoms with E-state index in [4.69, 9.17) is 27.5 Å². The standard InChI is InChI=1S/C12H17ClN2O/c1-7(2)9-5-11(16-6-12(14)15)8(3)4-10(9)13/h4-5,7H,6H2,1-3H3,(H3,14,15). The molecule has 1 aromatic carbocycles. The molecule has 16 heavy (non-hydrogen) atoms. The molecular formula is C12H17ClN2O. The van der Waals surface area contributed by atoms with E-state index >= 15 is 0 Å². The second-order valence-electron chi connectivity index (χ2n) is 4.11. The van der Waals surface area contributed by atoms with E-state index in [1.165, 1.54) is 0 Å². The zero-order valence-electron chi connectivity index (χ0n) is 9.80. The van der Waals surface area contributed by atoms with Crippen molar-refractivity contribution in [2.75, 3.05) is 6.61 Å². The highest BCUT2D eigenvalue weighted by Gasteiger charge is 2.10. The number of aryl methyl sites for hydroxylation is 1. The fraction of sp³-hybridized carbons (Fsp3) is 0.417. The van der Waals surface area contributed by atoms with Crippen LogP contribution in [-0.2, 0) is 0 Å². The molecule has 0 spiro atoms. The van der Waals surface area contributed by atoms with Crippen LogP contribution in [0.15, 0.2) is 12.1 Å². The summed E-state index contributed by atoms with van der Waals surface area (Å²) in [7, 11) is 0. The van der Waals surface area contributed by atoms with Gasteiger partial charge in [-0.15, -0.1) is 0 Å². The summed E-state index contributed by atoms with van der Waals surface area (Å²) in [6.45, 7) is 6.18. The normalized spacial score (nSPS) is 10.6. The van der Waals surface area contributed by atoms with Gasteiger partial charge in [-0.05, 0) is 36.1 Å². The van der Waals surface area contributed by atoms with E-state index in [1.54, 1.807) is 0 Å². The maximum absolute atomic E-state index is 7.12. The van der Waals surface area contributed by atoms with Crippen LogP contribution in [0.3, 0.4) is 0 Å². The fourth-order valence-corrected chi connectivity index (χ4v) is 1.86. The SMILES string of the molecule is Cc1cc(Cl)c(C(C)C)cc1OCC(=N)N. The summed E-state index contributed by atoms with van der Waals surface area (Å²) in [5.41, 5.74) is 7.25. The lowest BCUT2D eigenvalue weighted by molar-refractivity contribution is 0.371. The predicted molar refractivity (Wildman–Crippen MR) is 67.7 cm³/mol. The van der Waals surface area contributed by atoms with E-state index in [0.717, 1.165) is 21.9 Å². The monoisotopic (exact) mass is 240 g/mol. The van der Waals surface area contributed by atoms with Crippen molar-refractivity contribution in [1.29, 1.82) is 5.41 Å². The van der Waals surface area contributed by atoms with Crippen LogP contribution in [0.4, 0.5) is 0 Å². The quantitative estimate of drug-likeness (QED) is 0.628. The molecule has 3 nitrogen and oxygen atoms in total. The number of halogens is 1. The Morgan fingerprint density at radius 3 is 2.62 bits per heavy atom. The largest absolute Gasteiger partial charge is 0.485 e. The van der Waals surface area contributed by atoms with Crippen molar-refractivity contribution in [2.24, 2.45) is 5.73 Å².